The van der Waals surface area contributed by atoms with E-state index in [-0.39, 0.29) is 70.0 Å². The third-order valence-electron chi connectivity index (χ3n) is 14.4. The number of rotatable bonds is 21. The standard InChI is InChI=1S/C52H65F3N6O6/c1-4-6-7-8-9-10-11-12-13-14-15-16-17-19-44(63)66-34(3)67-51(64)61-37-21-22-38(61)32-59(31-37)49-42-29-56-47(41-27-39(62)26-35-20-23-43(54)40(5-2)45(35)41)46(55)48(42)57-50(58-49)65-33-52-24-18-25-60(52)30-36(53)28-52/h2,20,23,26-27,29,34,36-38,62H,4,6-19,21-22,24-25,28,30-33H2,1,3H3/t34?,36-,37?,38?,52+/m1/s1. The van der Waals surface area contributed by atoms with Crippen LogP contribution < -0.4 is 9.64 Å². The van der Waals surface area contributed by atoms with Gasteiger partial charge in [0, 0.05) is 56.5 Å². The molecule has 1 amide bonds. The summed E-state index contributed by atoms with van der Waals surface area (Å²) >= 11 is 0. The summed E-state index contributed by atoms with van der Waals surface area (Å²) in [5.74, 6) is 0.570. The number of ether oxygens (including phenoxy) is 3. The number of hydrogen-bond acceptors (Lipinski definition) is 11. The maximum Gasteiger partial charge on any atom is 0.413 e. The normalized spacial score (nSPS) is 21.8. The lowest BCUT2D eigenvalue weighted by molar-refractivity contribution is -0.166. The second kappa shape index (κ2) is 21.7. The zero-order valence-corrected chi connectivity index (χ0v) is 39.0. The fraction of sp³-hybridized carbons (Fsp3) is 0.596. The van der Waals surface area contributed by atoms with E-state index in [4.69, 9.17) is 25.6 Å². The van der Waals surface area contributed by atoms with Crippen molar-refractivity contribution < 1.29 is 42.1 Å². The van der Waals surface area contributed by atoms with Gasteiger partial charge in [-0.3, -0.25) is 19.6 Å². The Kier molecular flexibility index (Phi) is 15.6. The van der Waals surface area contributed by atoms with Crippen LogP contribution in [0.15, 0.2) is 30.5 Å². The number of piperazine rings is 1. The fourth-order valence-electron chi connectivity index (χ4n) is 11.0. The van der Waals surface area contributed by atoms with E-state index in [1.54, 1.807) is 11.8 Å². The van der Waals surface area contributed by atoms with Gasteiger partial charge in [-0.15, -0.1) is 6.42 Å². The van der Waals surface area contributed by atoms with E-state index in [0.29, 0.717) is 50.1 Å². The maximum atomic E-state index is 17.2. The molecule has 2 aromatic heterocycles. The number of terminal acetylenes is 1. The molecule has 4 aliphatic rings. The molecule has 2 aromatic carbocycles. The summed E-state index contributed by atoms with van der Waals surface area (Å²) in [5.41, 5.74) is -0.893. The molecule has 8 rings (SSSR count). The molecule has 0 aliphatic carbocycles. The van der Waals surface area contributed by atoms with Crippen LogP contribution in [0.25, 0.3) is 32.9 Å². The van der Waals surface area contributed by atoms with Gasteiger partial charge in [0.05, 0.1) is 28.6 Å². The monoisotopic (exact) mass is 926 g/mol. The molecule has 1 N–H and O–H groups in total. The number of aromatic nitrogens is 3. The largest absolute Gasteiger partial charge is 0.508 e. The van der Waals surface area contributed by atoms with Crippen LogP contribution in [-0.4, -0.2) is 105 Å². The molecule has 12 nitrogen and oxygen atoms in total. The predicted octanol–water partition coefficient (Wildman–Crippen LogP) is 10.9. The number of hydrogen-bond donors (Lipinski definition) is 1. The lowest BCUT2D eigenvalue weighted by atomic mass is 9.95. The zero-order chi connectivity index (χ0) is 47.1. The minimum atomic E-state index is -1.06. The fourth-order valence-corrected chi connectivity index (χ4v) is 11.0. The lowest BCUT2D eigenvalue weighted by Crippen LogP contribution is -2.56. The Labute approximate surface area is 391 Å². The number of carbonyl (C=O) groups is 2. The number of alkyl halides is 1. The Bertz CT molecular complexity index is 2440. The number of pyridine rings is 1. The number of aromatic hydroxyl groups is 1. The maximum absolute atomic E-state index is 17.2. The minimum Gasteiger partial charge on any atom is -0.508 e. The van der Waals surface area contributed by atoms with Gasteiger partial charge in [-0.1, -0.05) is 96.0 Å². The SMILES string of the molecule is C#Cc1c(F)ccc2cc(O)cc(-c3ncc4c(N5CC6CCC(C5)N6C(=O)OC(C)OC(=O)CCCCCCCCCCCCCCC)nc(OC[C@@]56CCCN5C[C@H](F)C6)nc4c3F)c12. The smallest absolute Gasteiger partial charge is 0.413 e. The first-order chi connectivity index (χ1) is 32.5. The average molecular weight is 927 g/mol. The summed E-state index contributed by atoms with van der Waals surface area (Å²) < 4.78 is 64.5. The number of anilines is 1. The first-order valence-corrected chi connectivity index (χ1v) is 24.7. The van der Waals surface area contributed by atoms with Crippen LogP contribution in [0.5, 0.6) is 11.8 Å². The molecular weight excluding hydrogens is 862 g/mol. The zero-order valence-electron chi connectivity index (χ0n) is 39.0. The molecule has 4 aromatic rings. The van der Waals surface area contributed by atoms with Gasteiger partial charge in [0.2, 0.25) is 6.29 Å². The molecule has 3 unspecified atom stereocenters. The molecule has 5 atom stereocenters. The van der Waals surface area contributed by atoms with Gasteiger partial charge in [-0.25, -0.2) is 18.0 Å². The van der Waals surface area contributed by atoms with Crippen LogP contribution in [0.2, 0.25) is 0 Å². The highest BCUT2D eigenvalue weighted by Crippen LogP contribution is 2.43. The summed E-state index contributed by atoms with van der Waals surface area (Å²) in [6.07, 6.45) is 23.8. The van der Waals surface area contributed by atoms with Gasteiger partial charge in [-0.2, -0.15) is 9.97 Å². The first kappa shape index (κ1) is 48.1. The van der Waals surface area contributed by atoms with Crippen molar-refractivity contribution in [2.24, 2.45) is 0 Å². The summed E-state index contributed by atoms with van der Waals surface area (Å²) in [4.78, 5) is 46.1. The highest BCUT2D eigenvalue weighted by Gasteiger charge is 2.50. The predicted molar refractivity (Wildman–Crippen MR) is 252 cm³/mol. The van der Waals surface area contributed by atoms with Crippen LogP contribution in [0.4, 0.5) is 23.8 Å². The Hall–Kier alpha value is -5.36. The second-order valence-electron chi connectivity index (χ2n) is 19.2. The van der Waals surface area contributed by atoms with E-state index in [0.717, 1.165) is 38.6 Å². The quantitative estimate of drug-likeness (QED) is 0.0371. The Balaban J connectivity index is 0.936. The van der Waals surface area contributed by atoms with Crippen molar-refractivity contribution in [1.82, 2.24) is 24.8 Å². The molecule has 15 heteroatoms. The molecule has 360 valence electrons. The average Bonchev–Trinajstić information content (AvgIpc) is 3.93. The summed E-state index contributed by atoms with van der Waals surface area (Å²) in [5, 5.41) is 11.6. The third-order valence-corrected chi connectivity index (χ3v) is 14.4. The number of nitrogens with zero attached hydrogens (tertiary/aromatic N) is 6. The molecule has 2 bridgehead atoms. The van der Waals surface area contributed by atoms with Crippen molar-refractivity contribution in [3.63, 3.8) is 0 Å². The van der Waals surface area contributed by atoms with Crippen molar-refractivity contribution in [1.29, 1.82) is 0 Å². The van der Waals surface area contributed by atoms with Crippen LogP contribution in [0, 0.1) is 24.0 Å². The number of halogens is 3. The molecule has 0 saturated carbocycles. The number of fused-ring (bicyclic) bond motifs is 5. The number of unbranched alkanes of at least 4 members (excludes halogenated alkanes) is 12. The number of carbonyl (C=O) groups excluding carboxylic acids is 2. The Morgan fingerprint density at radius 3 is 2.31 bits per heavy atom. The van der Waals surface area contributed by atoms with E-state index in [1.807, 2.05) is 4.90 Å². The van der Waals surface area contributed by atoms with E-state index >= 15 is 8.78 Å². The molecule has 0 spiro atoms. The number of benzene rings is 2. The first-order valence-electron chi connectivity index (χ1n) is 24.7. The van der Waals surface area contributed by atoms with Crippen LogP contribution >= 0.6 is 0 Å². The van der Waals surface area contributed by atoms with E-state index < -0.39 is 41.7 Å². The molecule has 67 heavy (non-hydrogen) atoms. The second-order valence-corrected chi connectivity index (χ2v) is 19.2. The number of phenols is 1. The van der Waals surface area contributed by atoms with Gasteiger partial charge in [0.15, 0.2) is 5.82 Å². The van der Waals surface area contributed by atoms with Crippen LogP contribution in [-0.2, 0) is 14.3 Å². The highest BCUT2D eigenvalue weighted by atomic mass is 19.1. The Morgan fingerprint density at radius 1 is 0.940 bits per heavy atom. The molecule has 4 saturated heterocycles. The Morgan fingerprint density at radius 2 is 1.63 bits per heavy atom. The van der Waals surface area contributed by atoms with Crippen molar-refractivity contribution >= 4 is 39.6 Å². The van der Waals surface area contributed by atoms with Crippen LogP contribution in [0.1, 0.15) is 141 Å². The summed E-state index contributed by atoms with van der Waals surface area (Å²) in [7, 11) is 0. The van der Waals surface area contributed by atoms with Gasteiger partial charge in [0.25, 0.3) is 0 Å². The number of amides is 1. The van der Waals surface area contributed by atoms with Crippen molar-refractivity contribution in [2.75, 3.05) is 37.7 Å². The third kappa shape index (κ3) is 10.8. The number of esters is 1. The highest BCUT2D eigenvalue weighted by molar-refractivity contribution is 6.03. The molecule has 6 heterocycles. The van der Waals surface area contributed by atoms with Crippen molar-refractivity contribution in [3.05, 3.63) is 47.7 Å². The van der Waals surface area contributed by atoms with Gasteiger partial charge in [-0.05, 0) is 62.2 Å². The van der Waals surface area contributed by atoms with Crippen LogP contribution in [0.3, 0.4) is 0 Å². The summed E-state index contributed by atoms with van der Waals surface area (Å²) in [6.45, 7) is 5.61. The molecular formula is C52H65F3N6O6. The lowest BCUT2D eigenvalue weighted by Gasteiger charge is -2.41. The molecule has 4 fully saturated rings. The van der Waals surface area contributed by atoms with Crippen molar-refractivity contribution in [2.45, 2.75) is 166 Å². The van der Waals surface area contributed by atoms with Crippen molar-refractivity contribution in [3.8, 4) is 35.4 Å². The minimum absolute atomic E-state index is 0.0783. The number of phenolic OH excluding ortho intramolecular Hbond substituents is 1. The molecule has 4 aliphatic heterocycles. The van der Waals surface area contributed by atoms with E-state index in [9.17, 15) is 19.1 Å². The van der Waals surface area contributed by atoms with E-state index in [2.05, 4.69) is 27.7 Å². The molecule has 0 radical (unpaired) electrons. The summed E-state index contributed by atoms with van der Waals surface area (Å²) in [6, 6.07) is 4.65. The van der Waals surface area contributed by atoms with Gasteiger partial charge < -0.3 is 24.2 Å². The van der Waals surface area contributed by atoms with Gasteiger partial charge >= 0.3 is 18.1 Å². The van der Waals surface area contributed by atoms with E-state index in [1.165, 1.54) is 94.7 Å². The van der Waals surface area contributed by atoms with Gasteiger partial charge in [0.1, 0.15) is 41.4 Å². The topological polar surface area (TPSA) is 130 Å².